The fraction of sp³-hybridized carbons (Fsp3) is 0.273. The molecule has 1 aliphatic carbocycles. The highest BCUT2D eigenvalue weighted by Gasteiger charge is 2.66. The lowest BCUT2D eigenvalue weighted by molar-refractivity contribution is -0.180. The van der Waals surface area contributed by atoms with Crippen molar-refractivity contribution < 1.29 is 22.8 Å². The van der Waals surface area contributed by atoms with Crippen LogP contribution in [-0.4, -0.2) is 28.8 Å². The maximum Gasteiger partial charge on any atom is 0.471 e. The van der Waals surface area contributed by atoms with E-state index in [-0.39, 0.29) is 0 Å². The van der Waals surface area contributed by atoms with Crippen molar-refractivity contribution in [2.75, 3.05) is 0 Å². The van der Waals surface area contributed by atoms with Crippen molar-refractivity contribution in [1.82, 2.24) is 4.90 Å². The van der Waals surface area contributed by atoms with Gasteiger partial charge in [0.1, 0.15) is 6.04 Å². The lowest BCUT2D eigenvalue weighted by atomic mass is 10.1. The smallest absolute Gasteiger partial charge is 0.312 e. The number of carbonyl (C=O) groups is 2. The largest absolute Gasteiger partial charge is 0.471 e. The first kappa shape index (κ1) is 10.3. The van der Waals surface area contributed by atoms with E-state index in [2.05, 4.69) is 0 Å². The van der Waals surface area contributed by atoms with Crippen LogP contribution in [-0.2, 0) is 4.79 Å². The lowest BCUT2D eigenvalue weighted by Crippen LogP contribution is -2.33. The Balaban J connectivity index is 1.96. The minimum Gasteiger partial charge on any atom is -0.312 e. The molecule has 1 aromatic rings. The molecule has 0 bridgehead atoms. The second kappa shape index (κ2) is 2.88. The highest BCUT2D eigenvalue weighted by Crippen LogP contribution is 2.53. The predicted octanol–water partition coefficient (Wildman–Crippen LogP) is 1.70. The van der Waals surface area contributed by atoms with Crippen molar-refractivity contribution in [2.24, 2.45) is 0 Å². The van der Waals surface area contributed by atoms with Crippen LogP contribution in [0.5, 0.6) is 0 Å². The molecule has 3 rings (SSSR count). The summed E-state index contributed by atoms with van der Waals surface area (Å²) < 4.78 is 36.7. The van der Waals surface area contributed by atoms with Crippen LogP contribution in [0.3, 0.4) is 0 Å². The first-order chi connectivity index (χ1) is 7.93. The van der Waals surface area contributed by atoms with Crippen molar-refractivity contribution in [3.63, 3.8) is 0 Å². The molecule has 1 fully saturated rings. The average molecular weight is 241 g/mol. The van der Waals surface area contributed by atoms with E-state index in [1.165, 1.54) is 0 Å². The summed E-state index contributed by atoms with van der Waals surface area (Å²) in [5.41, 5.74) is 0.939. The second-order valence-electron chi connectivity index (χ2n) is 4.05. The van der Waals surface area contributed by atoms with Crippen molar-refractivity contribution in [3.05, 3.63) is 35.4 Å². The van der Waals surface area contributed by atoms with Crippen molar-refractivity contribution in [1.29, 1.82) is 0 Å². The molecule has 0 N–H and O–H groups in total. The van der Waals surface area contributed by atoms with Gasteiger partial charge in [-0.2, -0.15) is 13.2 Å². The number of alkyl halides is 3. The van der Waals surface area contributed by atoms with E-state index in [1.54, 1.807) is 24.3 Å². The Labute approximate surface area is 93.8 Å². The van der Waals surface area contributed by atoms with Gasteiger partial charge in [-0.3, -0.25) is 9.59 Å². The molecule has 6 heteroatoms. The maximum atomic E-state index is 12.2. The lowest BCUT2D eigenvalue weighted by Gasteiger charge is -2.11. The zero-order chi connectivity index (χ0) is 12.4. The Morgan fingerprint density at radius 2 is 1.82 bits per heavy atom. The molecule has 0 unspecified atom stereocenters. The van der Waals surface area contributed by atoms with Gasteiger partial charge in [0.05, 0.1) is 6.04 Å². The van der Waals surface area contributed by atoms with Gasteiger partial charge in [-0.15, -0.1) is 0 Å². The van der Waals surface area contributed by atoms with Crippen LogP contribution in [0.25, 0.3) is 0 Å². The van der Waals surface area contributed by atoms with Gasteiger partial charge in [0, 0.05) is 5.56 Å². The fourth-order valence-corrected chi connectivity index (χ4v) is 2.36. The molecule has 0 radical (unpaired) electrons. The first-order valence-corrected chi connectivity index (χ1v) is 4.95. The number of ketones is 1. The van der Waals surface area contributed by atoms with E-state index in [0.717, 1.165) is 0 Å². The third kappa shape index (κ3) is 1.23. The number of hydrogen-bond donors (Lipinski definition) is 0. The number of carbonyl (C=O) groups excluding carboxylic acids is 2. The molecule has 1 aliphatic heterocycles. The van der Waals surface area contributed by atoms with E-state index in [0.29, 0.717) is 16.0 Å². The van der Waals surface area contributed by atoms with Gasteiger partial charge in [-0.05, 0) is 5.56 Å². The molecular weight excluding hydrogens is 235 g/mol. The molecule has 17 heavy (non-hydrogen) atoms. The number of rotatable bonds is 0. The predicted molar refractivity (Wildman–Crippen MR) is 50.2 cm³/mol. The van der Waals surface area contributed by atoms with Crippen LogP contribution in [0.1, 0.15) is 22.0 Å². The summed E-state index contributed by atoms with van der Waals surface area (Å²) in [6.45, 7) is 0. The molecule has 3 nitrogen and oxygen atoms in total. The normalized spacial score (nSPS) is 25.6. The zero-order valence-electron chi connectivity index (χ0n) is 8.36. The second-order valence-corrected chi connectivity index (χ2v) is 4.05. The van der Waals surface area contributed by atoms with Crippen LogP contribution >= 0.6 is 0 Å². The van der Waals surface area contributed by atoms with E-state index >= 15 is 0 Å². The number of Topliss-reactive ketones (excluding diaryl/α,β-unsaturated/α-hetero) is 1. The minimum atomic E-state index is -4.92. The molecule has 0 saturated carbocycles. The van der Waals surface area contributed by atoms with Crippen LogP contribution in [0, 0.1) is 0 Å². The van der Waals surface area contributed by atoms with Gasteiger partial charge in [-0.1, -0.05) is 24.3 Å². The first-order valence-electron chi connectivity index (χ1n) is 4.95. The van der Waals surface area contributed by atoms with Gasteiger partial charge in [-0.25, -0.2) is 0 Å². The Hall–Kier alpha value is -1.85. The third-order valence-corrected chi connectivity index (χ3v) is 3.10. The Kier molecular flexibility index (Phi) is 1.75. The monoisotopic (exact) mass is 241 g/mol. The standard InChI is InChI=1S/C11H6F3NO2/c12-11(13,14)10(17)15-7-5-3-1-2-4-6(5)9(16)8(7)15/h1-4,7-8H/t7-,8+,15?/m1/s1. The molecule has 0 spiro atoms. The number of amides is 1. The fourth-order valence-electron chi connectivity index (χ4n) is 2.36. The van der Waals surface area contributed by atoms with E-state index in [4.69, 9.17) is 0 Å². The maximum absolute atomic E-state index is 12.2. The molecule has 2 aliphatic rings. The van der Waals surface area contributed by atoms with E-state index in [1.807, 2.05) is 0 Å². The molecule has 1 saturated heterocycles. The average Bonchev–Trinajstić information content (AvgIpc) is 2.93. The van der Waals surface area contributed by atoms with Crippen molar-refractivity contribution >= 4 is 11.7 Å². The highest BCUT2D eigenvalue weighted by molar-refractivity contribution is 6.11. The van der Waals surface area contributed by atoms with Gasteiger partial charge in [0.15, 0.2) is 5.78 Å². The van der Waals surface area contributed by atoms with Crippen LogP contribution in [0.2, 0.25) is 0 Å². The minimum absolute atomic E-state index is 0.400. The Morgan fingerprint density at radius 3 is 2.47 bits per heavy atom. The highest BCUT2D eigenvalue weighted by atomic mass is 19.4. The quantitative estimate of drug-likeness (QED) is 0.648. The van der Waals surface area contributed by atoms with Gasteiger partial charge >= 0.3 is 12.1 Å². The SMILES string of the molecule is O=C1c2ccccc2[C@@H]2[C@@H]1N2C(=O)C(F)(F)F. The summed E-state index contributed by atoms with van der Waals surface area (Å²) in [5.74, 6) is -2.33. The number of fused-ring (bicyclic) bond motifs is 3. The molecule has 0 aromatic heterocycles. The third-order valence-electron chi connectivity index (χ3n) is 3.10. The van der Waals surface area contributed by atoms with E-state index < -0.39 is 30.0 Å². The molecule has 1 aromatic carbocycles. The molecular formula is C11H6F3NO2. The summed E-state index contributed by atoms with van der Waals surface area (Å²) in [4.78, 5) is 23.4. The van der Waals surface area contributed by atoms with Gasteiger partial charge in [0.2, 0.25) is 0 Å². The topological polar surface area (TPSA) is 37.1 Å². The number of hydrogen-bond acceptors (Lipinski definition) is 2. The summed E-state index contributed by atoms with van der Waals surface area (Å²) in [5, 5.41) is 0. The van der Waals surface area contributed by atoms with Gasteiger partial charge in [0.25, 0.3) is 0 Å². The summed E-state index contributed by atoms with van der Waals surface area (Å²) >= 11 is 0. The Morgan fingerprint density at radius 1 is 1.18 bits per heavy atom. The molecule has 88 valence electrons. The van der Waals surface area contributed by atoms with Crippen molar-refractivity contribution in [2.45, 2.75) is 18.3 Å². The molecule has 2 atom stereocenters. The zero-order valence-corrected chi connectivity index (χ0v) is 8.36. The van der Waals surface area contributed by atoms with Crippen LogP contribution in [0.15, 0.2) is 24.3 Å². The van der Waals surface area contributed by atoms with Crippen LogP contribution in [0.4, 0.5) is 13.2 Å². The van der Waals surface area contributed by atoms with E-state index in [9.17, 15) is 22.8 Å². The summed E-state index contributed by atoms with van der Waals surface area (Å²) in [7, 11) is 0. The summed E-state index contributed by atoms with van der Waals surface area (Å²) in [6.07, 6.45) is -4.92. The van der Waals surface area contributed by atoms with Crippen LogP contribution < -0.4 is 0 Å². The number of halogens is 3. The summed E-state index contributed by atoms with van der Waals surface area (Å²) in [6, 6.07) is 4.79. The molecule has 1 amide bonds. The number of benzene rings is 1. The Bertz CT molecular complexity index is 538. The molecule has 1 heterocycles. The van der Waals surface area contributed by atoms with Crippen molar-refractivity contribution in [3.8, 4) is 0 Å². The number of nitrogens with zero attached hydrogens (tertiary/aromatic N) is 1. The van der Waals surface area contributed by atoms with Gasteiger partial charge < -0.3 is 4.90 Å².